The van der Waals surface area contributed by atoms with E-state index in [4.69, 9.17) is 4.74 Å². The number of aliphatic imine (C=N–C) groups is 1. The number of ether oxygens (including phenoxy) is 2. The smallest absolute Gasteiger partial charge is 0.387 e. The van der Waals surface area contributed by atoms with Gasteiger partial charge in [-0.15, -0.1) is 0 Å². The molecule has 134 valence electrons. The van der Waals surface area contributed by atoms with Gasteiger partial charge < -0.3 is 14.8 Å². The van der Waals surface area contributed by atoms with Gasteiger partial charge in [-0.2, -0.15) is 8.78 Å². The zero-order valence-corrected chi connectivity index (χ0v) is 14.4. The lowest BCUT2D eigenvalue weighted by Gasteiger charge is -2.12. The number of rotatable bonds is 5. The van der Waals surface area contributed by atoms with Gasteiger partial charge in [0.25, 0.3) is 5.91 Å². The highest BCUT2D eigenvalue weighted by molar-refractivity contribution is 8.18. The summed E-state index contributed by atoms with van der Waals surface area (Å²) in [4.78, 5) is 17.1. The Hall–Kier alpha value is -2.09. The maximum absolute atomic E-state index is 12.7. The fourth-order valence-electron chi connectivity index (χ4n) is 2.85. The minimum absolute atomic E-state index is 0.0953. The molecule has 1 aliphatic heterocycles. The molecule has 1 N–H and O–H groups in total. The minimum Gasteiger partial charge on any atom is -0.493 e. The lowest BCUT2D eigenvalue weighted by molar-refractivity contribution is -0.115. The summed E-state index contributed by atoms with van der Waals surface area (Å²) in [5, 5.41) is 3.28. The number of para-hydroxylation sites is 1. The average Bonchev–Trinajstić information content (AvgIpc) is 3.19. The van der Waals surface area contributed by atoms with Gasteiger partial charge in [0.05, 0.1) is 18.1 Å². The number of methoxy groups -OCH3 is 1. The van der Waals surface area contributed by atoms with Gasteiger partial charge in [0.1, 0.15) is 0 Å². The van der Waals surface area contributed by atoms with E-state index in [0.29, 0.717) is 15.6 Å². The fourth-order valence-corrected chi connectivity index (χ4v) is 3.73. The Labute approximate surface area is 148 Å². The van der Waals surface area contributed by atoms with Gasteiger partial charge in [0, 0.05) is 5.56 Å². The number of hydrogen-bond donors (Lipinski definition) is 1. The molecule has 0 radical (unpaired) electrons. The van der Waals surface area contributed by atoms with Crippen LogP contribution in [-0.4, -0.2) is 30.8 Å². The molecule has 0 unspecified atom stereocenters. The molecule has 2 aliphatic rings. The van der Waals surface area contributed by atoms with Gasteiger partial charge in [-0.1, -0.05) is 25.0 Å². The molecule has 1 heterocycles. The minimum atomic E-state index is -2.99. The van der Waals surface area contributed by atoms with Crippen molar-refractivity contribution in [3.05, 3.63) is 28.7 Å². The SMILES string of the molecule is COc1cccc(/C=C2\SC(=NC3CCCC3)NC2=O)c1OC(F)F. The summed E-state index contributed by atoms with van der Waals surface area (Å²) in [6.07, 6.45) is 5.88. The van der Waals surface area contributed by atoms with Crippen LogP contribution in [0.15, 0.2) is 28.1 Å². The van der Waals surface area contributed by atoms with Gasteiger partial charge in [0.15, 0.2) is 16.7 Å². The Bertz CT molecular complexity index is 716. The second kappa shape index (κ2) is 7.86. The third-order valence-corrected chi connectivity index (χ3v) is 4.92. The summed E-state index contributed by atoms with van der Waals surface area (Å²) in [5.41, 5.74) is 0.347. The van der Waals surface area contributed by atoms with Crippen molar-refractivity contribution in [3.8, 4) is 11.5 Å². The van der Waals surface area contributed by atoms with Gasteiger partial charge in [-0.3, -0.25) is 9.79 Å². The summed E-state index contributed by atoms with van der Waals surface area (Å²) in [6, 6.07) is 5.01. The fraction of sp³-hybridized carbons (Fsp3) is 0.412. The monoisotopic (exact) mass is 368 g/mol. The molecule has 1 saturated heterocycles. The van der Waals surface area contributed by atoms with Crippen molar-refractivity contribution in [1.29, 1.82) is 0 Å². The predicted molar refractivity (Wildman–Crippen MR) is 93.0 cm³/mol. The molecule has 25 heavy (non-hydrogen) atoms. The Morgan fingerprint density at radius 1 is 1.36 bits per heavy atom. The molecular weight excluding hydrogens is 350 g/mol. The normalized spacial score (nSPS) is 21.4. The van der Waals surface area contributed by atoms with Crippen molar-refractivity contribution in [3.63, 3.8) is 0 Å². The topological polar surface area (TPSA) is 59.9 Å². The Kier molecular flexibility index (Phi) is 5.57. The molecule has 1 aromatic rings. The van der Waals surface area contributed by atoms with Gasteiger partial charge in [0.2, 0.25) is 0 Å². The van der Waals surface area contributed by atoms with Crippen LogP contribution in [0, 0.1) is 0 Å². The Balaban J connectivity index is 1.86. The van der Waals surface area contributed by atoms with Crippen LogP contribution in [0.2, 0.25) is 0 Å². The predicted octanol–water partition coefficient (Wildman–Crippen LogP) is 3.80. The number of amides is 1. The molecule has 3 rings (SSSR count). The maximum Gasteiger partial charge on any atom is 0.387 e. The first-order chi connectivity index (χ1) is 12.1. The zero-order valence-electron chi connectivity index (χ0n) is 13.6. The van der Waals surface area contributed by atoms with Crippen molar-refractivity contribution in [2.75, 3.05) is 7.11 Å². The van der Waals surface area contributed by atoms with E-state index in [1.54, 1.807) is 12.1 Å². The summed E-state index contributed by atoms with van der Waals surface area (Å²) in [5.74, 6) is -0.215. The van der Waals surface area contributed by atoms with Crippen LogP contribution < -0.4 is 14.8 Å². The summed E-state index contributed by atoms with van der Waals surface area (Å²) in [6.45, 7) is -2.99. The first-order valence-electron chi connectivity index (χ1n) is 7.97. The molecule has 1 amide bonds. The first kappa shape index (κ1) is 17.7. The molecule has 8 heteroatoms. The number of thioether (sulfide) groups is 1. The van der Waals surface area contributed by atoms with E-state index >= 15 is 0 Å². The van der Waals surface area contributed by atoms with E-state index in [2.05, 4.69) is 15.0 Å². The number of benzene rings is 1. The highest BCUT2D eigenvalue weighted by Gasteiger charge is 2.26. The van der Waals surface area contributed by atoms with Gasteiger partial charge in [-0.25, -0.2) is 0 Å². The number of nitrogens with zero attached hydrogens (tertiary/aromatic N) is 1. The number of halogens is 2. The van der Waals surface area contributed by atoms with Crippen LogP contribution in [0.4, 0.5) is 8.78 Å². The standard InChI is InChI=1S/C17H18F2N2O3S/c1-23-12-8-4-5-10(14(12)24-16(18)19)9-13-15(22)21-17(25-13)20-11-6-2-3-7-11/h4-5,8-9,11,16H,2-3,6-7H2,1H3,(H,20,21,22)/b13-9-. The Morgan fingerprint density at radius 2 is 2.12 bits per heavy atom. The molecule has 0 spiro atoms. The number of hydrogen-bond acceptors (Lipinski definition) is 5. The van der Waals surface area contributed by atoms with Crippen molar-refractivity contribution in [1.82, 2.24) is 5.32 Å². The number of carbonyl (C=O) groups is 1. The molecule has 2 fully saturated rings. The molecule has 5 nitrogen and oxygen atoms in total. The number of amidine groups is 1. The van der Waals surface area contributed by atoms with Crippen molar-refractivity contribution in [2.24, 2.45) is 4.99 Å². The van der Waals surface area contributed by atoms with E-state index in [1.165, 1.54) is 31.0 Å². The summed E-state index contributed by atoms with van der Waals surface area (Å²) in [7, 11) is 1.37. The van der Waals surface area contributed by atoms with Crippen LogP contribution >= 0.6 is 11.8 Å². The molecule has 1 aromatic carbocycles. The summed E-state index contributed by atoms with van der Waals surface area (Å²) >= 11 is 1.21. The first-order valence-corrected chi connectivity index (χ1v) is 8.79. The highest BCUT2D eigenvalue weighted by atomic mass is 32.2. The zero-order chi connectivity index (χ0) is 17.8. The molecule has 1 aliphatic carbocycles. The van der Waals surface area contributed by atoms with E-state index in [1.807, 2.05) is 0 Å². The molecule has 0 atom stereocenters. The largest absolute Gasteiger partial charge is 0.493 e. The molecular formula is C17H18F2N2O3S. The molecule has 1 saturated carbocycles. The third-order valence-electron chi connectivity index (χ3n) is 4.00. The van der Waals surface area contributed by atoms with Crippen LogP contribution in [0.25, 0.3) is 6.08 Å². The second-order valence-corrected chi connectivity index (χ2v) is 6.73. The second-order valence-electron chi connectivity index (χ2n) is 5.69. The van der Waals surface area contributed by atoms with Gasteiger partial charge >= 0.3 is 6.61 Å². The third kappa shape index (κ3) is 4.31. The lowest BCUT2D eigenvalue weighted by atomic mass is 10.1. The number of alkyl halides is 2. The highest BCUT2D eigenvalue weighted by Crippen LogP contribution is 2.36. The van der Waals surface area contributed by atoms with E-state index in [-0.39, 0.29) is 23.4 Å². The van der Waals surface area contributed by atoms with Crippen LogP contribution in [-0.2, 0) is 4.79 Å². The lowest BCUT2D eigenvalue weighted by Crippen LogP contribution is -2.21. The van der Waals surface area contributed by atoms with E-state index in [9.17, 15) is 13.6 Å². The Morgan fingerprint density at radius 3 is 2.80 bits per heavy atom. The number of nitrogens with one attached hydrogen (secondary N) is 1. The van der Waals surface area contributed by atoms with Crippen LogP contribution in [0.1, 0.15) is 31.2 Å². The average molecular weight is 368 g/mol. The van der Waals surface area contributed by atoms with E-state index in [0.717, 1.165) is 25.7 Å². The van der Waals surface area contributed by atoms with Crippen molar-refractivity contribution < 1.29 is 23.0 Å². The molecule has 0 aromatic heterocycles. The molecule has 0 bridgehead atoms. The van der Waals surface area contributed by atoms with Crippen molar-refractivity contribution >= 4 is 28.9 Å². The summed E-state index contributed by atoms with van der Waals surface area (Å²) < 4.78 is 35.0. The van der Waals surface area contributed by atoms with Crippen LogP contribution in [0.5, 0.6) is 11.5 Å². The van der Waals surface area contributed by atoms with Crippen LogP contribution in [0.3, 0.4) is 0 Å². The van der Waals surface area contributed by atoms with E-state index < -0.39 is 6.61 Å². The van der Waals surface area contributed by atoms with Gasteiger partial charge in [-0.05, 0) is 36.7 Å². The maximum atomic E-state index is 12.7. The quantitative estimate of drug-likeness (QED) is 0.803. The number of carbonyl (C=O) groups excluding carboxylic acids is 1. The van der Waals surface area contributed by atoms with Crippen molar-refractivity contribution in [2.45, 2.75) is 38.3 Å².